The summed E-state index contributed by atoms with van der Waals surface area (Å²) >= 11 is 0. The summed E-state index contributed by atoms with van der Waals surface area (Å²) in [6, 6.07) is 6.26. The summed E-state index contributed by atoms with van der Waals surface area (Å²) in [5.74, 6) is -0.0440. The van der Waals surface area contributed by atoms with E-state index in [0.29, 0.717) is 6.54 Å². The van der Waals surface area contributed by atoms with Crippen molar-refractivity contribution in [1.82, 2.24) is 4.90 Å². The molecule has 0 bridgehead atoms. The first-order valence-electron chi connectivity index (χ1n) is 5.82. The summed E-state index contributed by atoms with van der Waals surface area (Å²) in [7, 11) is 1.79. The lowest BCUT2D eigenvalue weighted by Gasteiger charge is -2.26. The van der Waals surface area contributed by atoms with Crippen molar-refractivity contribution in [3.8, 4) is 0 Å². The van der Waals surface area contributed by atoms with Crippen molar-refractivity contribution in [2.45, 2.75) is 39.8 Å². The second-order valence-electron chi connectivity index (χ2n) is 5.31. The van der Waals surface area contributed by atoms with Crippen LogP contribution in [0.15, 0.2) is 18.2 Å². The van der Waals surface area contributed by atoms with Gasteiger partial charge in [-0.25, -0.2) is 0 Å². The molecular weight excluding hydrogens is 212 g/mol. The summed E-state index contributed by atoms with van der Waals surface area (Å²) < 4.78 is 0. The summed E-state index contributed by atoms with van der Waals surface area (Å²) in [4.78, 5) is 13.6. The number of carbonyl (C=O) groups excluding carboxylic acids is 1. The maximum absolute atomic E-state index is 11.9. The molecule has 1 aromatic carbocycles. The number of carbonyl (C=O) groups is 1. The molecule has 0 spiro atoms. The van der Waals surface area contributed by atoms with Crippen molar-refractivity contribution in [2.24, 2.45) is 5.73 Å². The van der Waals surface area contributed by atoms with Gasteiger partial charge < -0.3 is 10.6 Å². The zero-order chi connectivity index (χ0) is 13.2. The molecule has 17 heavy (non-hydrogen) atoms. The van der Waals surface area contributed by atoms with E-state index >= 15 is 0 Å². The Balaban J connectivity index is 2.81. The zero-order valence-electron chi connectivity index (χ0n) is 11.4. The highest BCUT2D eigenvalue weighted by atomic mass is 16.2. The lowest BCUT2D eigenvalue weighted by molar-refractivity contribution is -0.135. The van der Waals surface area contributed by atoms with E-state index in [1.54, 1.807) is 25.8 Å². The van der Waals surface area contributed by atoms with Crippen molar-refractivity contribution < 1.29 is 4.79 Å². The molecule has 0 aliphatic carbocycles. The fourth-order valence-corrected chi connectivity index (χ4v) is 1.84. The van der Waals surface area contributed by atoms with Crippen molar-refractivity contribution in [3.63, 3.8) is 0 Å². The average Bonchev–Trinajstić information content (AvgIpc) is 2.19. The molecule has 0 radical (unpaired) electrons. The average molecular weight is 234 g/mol. The molecule has 0 atom stereocenters. The summed E-state index contributed by atoms with van der Waals surface area (Å²) in [6.07, 6.45) is 0. The fourth-order valence-electron chi connectivity index (χ4n) is 1.84. The van der Waals surface area contributed by atoms with Gasteiger partial charge in [0.15, 0.2) is 0 Å². The van der Waals surface area contributed by atoms with Crippen LogP contribution in [-0.4, -0.2) is 23.4 Å². The molecule has 0 aromatic heterocycles. The number of rotatable bonds is 3. The molecule has 0 fully saturated rings. The van der Waals surface area contributed by atoms with Crippen LogP contribution in [0.1, 0.15) is 30.5 Å². The Morgan fingerprint density at radius 1 is 1.35 bits per heavy atom. The van der Waals surface area contributed by atoms with Crippen LogP contribution in [0.5, 0.6) is 0 Å². The van der Waals surface area contributed by atoms with Crippen molar-refractivity contribution in [1.29, 1.82) is 0 Å². The smallest absolute Gasteiger partial charge is 0.242 e. The Kier molecular flexibility index (Phi) is 3.94. The number of likely N-dealkylation sites (N-methyl/N-ethyl adjacent to an activating group) is 1. The van der Waals surface area contributed by atoms with Gasteiger partial charge in [-0.2, -0.15) is 0 Å². The standard InChI is InChI=1S/C14H22N2O/c1-10-6-7-12(11(2)8-10)9-16(5)13(17)14(3,4)15/h6-8H,9,15H2,1-5H3. The monoisotopic (exact) mass is 234 g/mol. The van der Waals surface area contributed by atoms with E-state index in [9.17, 15) is 4.79 Å². The molecule has 3 heteroatoms. The molecule has 1 rings (SSSR count). The van der Waals surface area contributed by atoms with Gasteiger partial charge in [0.1, 0.15) is 0 Å². The Bertz CT molecular complexity index is 419. The minimum atomic E-state index is -0.812. The highest BCUT2D eigenvalue weighted by molar-refractivity contribution is 5.84. The molecule has 0 unspecified atom stereocenters. The minimum Gasteiger partial charge on any atom is -0.340 e. The Hall–Kier alpha value is -1.35. The molecule has 1 amide bonds. The number of benzene rings is 1. The van der Waals surface area contributed by atoms with E-state index in [1.165, 1.54) is 11.1 Å². The summed E-state index contributed by atoms with van der Waals surface area (Å²) in [5.41, 5.74) is 8.60. The van der Waals surface area contributed by atoms with Gasteiger partial charge in [-0.3, -0.25) is 4.79 Å². The molecule has 0 aliphatic rings. The van der Waals surface area contributed by atoms with E-state index < -0.39 is 5.54 Å². The van der Waals surface area contributed by atoms with E-state index in [2.05, 4.69) is 32.0 Å². The number of nitrogens with two attached hydrogens (primary N) is 1. The van der Waals surface area contributed by atoms with Gasteiger partial charge >= 0.3 is 0 Å². The van der Waals surface area contributed by atoms with E-state index in [0.717, 1.165) is 5.56 Å². The SMILES string of the molecule is Cc1ccc(CN(C)C(=O)C(C)(C)N)c(C)c1. The highest BCUT2D eigenvalue weighted by Crippen LogP contribution is 2.14. The number of hydrogen-bond donors (Lipinski definition) is 1. The van der Waals surface area contributed by atoms with Crippen LogP contribution >= 0.6 is 0 Å². The van der Waals surface area contributed by atoms with Gasteiger partial charge in [0.25, 0.3) is 0 Å². The quantitative estimate of drug-likeness (QED) is 0.869. The van der Waals surface area contributed by atoms with Gasteiger partial charge in [0.2, 0.25) is 5.91 Å². The third-order valence-corrected chi connectivity index (χ3v) is 2.80. The maximum Gasteiger partial charge on any atom is 0.242 e. The van der Waals surface area contributed by atoms with Crippen LogP contribution in [0.4, 0.5) is 0 Å². The molecule has 3 nitrogen and oxygen atoms in total. The highest BCUT2D eigenvalue weighted by Gasteiger charge is 2.25. The Morgan fingerprint density at radius 3 is 2.41 bits per heavy atom. The van der Waals surface area contributed by atoms with Gasteiger partial charge in [-0.15, -0.1) is 0 Å². The topological polar surface area (TPSA) is 46.3 Å². The molecule has 2 N–H and O–H groups in total. The Morgan fingerprint density at radius 2 is 1.94 bits per heavy atom. The van der Waals surface area contributed by atoms with Crippen LogP contribution < -0.4 is 5.73 Å². The second-order valence-corrected chi connectivity index (χ2v) is 5.31. The van der Waals surface area contributed by atoms with Gasteiger partial charge in [0, 0.05) is 13.6 Å². The summed E-state index contributed by atoms with van der Waals surface area (Å²) in [6.45, 7) is 8.19. The van der Waals surface area contributed by atoms with Gasteiger partial charge in [-0.05, 0) is 38.8 Å². The van der Waals surface area contributed by atoms with Crippen molar-refractivity contribution >= 4 is 5.91 Å². The largest absolute Gasteiger partial charge is 0.340 e. The van der Waals surface area contributed by atoms with Crippen LogP contribution in [-0.2, 0) is 11.3 Å². The van der Waals surface area contributed by atoms with E-state index in [4.69, 9.17) is 5.73 Å². The van der Waals surface area contributed by atoms with Gasteiger partial charge in [0.05, 0.1) is 5.54 Å². The minimum absolute atomic E-state index is 0.0440. The maximum atomic E-state index is 11.9. The fraction of sp³-hybridized carbons (Fsp3) is 0.500. The normalized spacial score (nSPS) is 11.4. The third kappa shape index (κ3) is 3.56. The van der Waals surface area contributed by atoms with Crippen molar-refractivity contribution in [2.75, 3.05) is 7.05 Å². The molecule has 1 aromatic rings. The molecule has 94 valence electrons. The number of nitrogens with zero attached hydrogens (tertiary/aromatic N) is 1. The molecule has 0 aliphatic heterocycles. The van der Waals surface area contributed by atoms with Crippen molar-refractivity contribution in [3.05, 3.63) is 34.9 Å². The first-order valence-corrected chi connectivity index (χ1v) is 5.82. The first-order chi connectivity index (χ1) is 7.71. The van der Waals surface area contributed by atoms with Crippen LogP contribution in [0, 0.1) is 13.8 Å². The number of amides is 1. The molecule has 0 heterocycles. The zero-order valence-corrected chi connectivity index (χ0v) is 11.4. The Labute approximate surface area is 104 Å². The molecule has 0 saturated carbocycles. The third-order valence-electron chi connectivity index (χ3n) is 2.80. The summed E-state index contributed by atoms with van der Waals surface area (Å²) in [5, 5.41) is 0. The van der Waals surface area contributed by atoms with Crippen LogP contribution in [0.2, 0.25) is 0 Å². The molecule has 0 saturated heterocycles. The second kappa shape index (κ2) is 4.88. The number of hydrogen-bond acceptors (Lipinski definition) is 2. The molecular formula is C14H22N2O. The predicted octanol–water partition coefficient (Wildman–Crippen LogP) is 2.00. The van der Waals surface area contributed by atoms with E-state index in [1.807, 2.05) is 0 Å². The lowest BCUT2D eigenvalue weighted by atomic mass is 10.0. The van der Waals surface area contributed by atoms with Crippen LogP contribution in [0.25, 0.3) is 0 Å². The van der Waals surface area contributed by atoms with E-state index in [-0.39, 0.29) is 5.91 Å². The number of aryl methyl sites for hydroxylation is 2. The van der Waals surface area contributed by atoms with Gasteiger partial charge in [-0.1, -0.05) is 23.8 Å². The first kappa shape index (κ1) is 13.7. The van der Waals surface area contributed by atoms with Crippen LogP contribution in [0.3, 0.4) is 0 Å². The predicted molar refractivity (Wildman–Crippen MR) is 70.7 cm³/mol. The lowest BCUT2D eigenvalue weighted by Crippen LogP contribution is -2.49.